The summed E-state index contributed by atoms with van der Waals surface area (Å²) < 4.78 is 0. The van der Waals surface area contributed by atoms with E-state index >= 15 is 0 Å². The van der Waals surface area contributed by atoms with E-state index < -0.39 is 5.92 Å². The lowest BCUT2D eigenvalue weighted by atomic mass is 9.91. The van der Waals surface area contributed by atoms with Crippen LogP contribution in [0.25, 0.3) is 0 Å². The van der Waals surface area contributed by atoms with E-state index in [1.807, 2.05) is 44.2 Å². The summed E-state index contributed by atoms with van der Waals surface area (Å²) in [5, 5.41) is 0. The number of ketones is 1. The maximum atomic E-state index is 12.4. The lowest BCUT2D eigenvalue weighted by molar-refractivity contribution is -0.136. The quantitative estimate of drug-likeness (QED) is 0.624. The molecule has 3 heteroatoms. The molecule has 1 saturated heterocycles. The molecule has 0 N–H and O–H groups in total. The van der Waals surface area contributed by atoms with Gasteiger partial charge in [0.15, 0.2) is 0 Å². The Morgan fingerprint density at radius 1 is 1.25 bits per heavy atom. The summed E-state index contributed by atoms with van der Waals surface area (Å²) in [6, 6.07) is 9.89. The van der Waals surface area contributed by atoms with Crippen LogP contribution in [0.5, 0.6) is 0 Å². The second-order valence-corrected chi connectivity index (χ2v) is 5.70. The van der Waals surface area contributed by atoms with Crippen molar-refractivity contribution in [3.05, 3.63) is 47.5 Å². The minimum atomic E-state index is -0.506. The predicted molar refractivity (Wildman–Crippen MR) is 79.0 cm³/mol. The third kappa shape index (κ3) is 3.16. The lowest BCUT2D eigenvalue weighted by Crippen LogP contribution is -2.29. The predicted octanol–water partition coefficient (Wildman–Crippen LogP) is 2.82. The second kappa shape index (κ2) is 6.04. The fraction of sp³-hybridized carbons (Fsp3) is 0.412. The third-order valence-corrected chi connectivity index (χ3v) is 3.64. The van der Waals surface area contributed by atoms with Crippen molar-refractivity contribution in [2.75, 3.05) is 6.54 Å². The number of benzene rings is 1. The third-order valence-electron chi connectivity index (χ3n) is 3.64. The summed E-state index contributed by atoms with van der Waals surface area (Å²) in [7, 11) is 0. The molecule has 2 atom stereocenters. The van der Waals surface area contributed by atoms with Crippen LogP contribution < -0.4 is 0 Å². The van der Waals surface area contributed by atoms with Gasteiger partial charge in [0.25, 0.3) is 0 Å². The number of likely N-dealkylation sites (tertiary alicyclic amines) is 1. The number of rotatable bonds is 4. The monoisotopic (exact) mass is 271 g/mol. The Labute approximate surface area is 120 Å². The van der Waals surface area contributed by atoms with E-state index in [-0.39, 0.29) is 17.6 Å². The molecule has 2 unspecified atom stereocenters. The highest BCUT2D eigenvalue weighted by atomic mass is 16.2. The van der Waals surface area contributed by atoms with Crippen molar-refractivity contribution in [1.82, 2.24) is 4.90 Å². The molecule has 106 valence electrons. The molecule has 1 heterocycles. The molecule has 1 aromatic carbocycles. The molecule has 20 heavy (non-hydrogen) atoms. The van der Waals surface area contributed by atoms with Gasteiger partial charge < -0.3 is 4.90 Å². The molecule has 0 spiro atoms. The fourth-order valence-electron chi connectivity index (χ4n) is 2.83. The van der Waals surface area contributed by atoms with Crippen molar-refractivity contribution < 1.29 is 9.59 Å². The van der Waals surface area contributed by atoms with Crippen LogP contribution in [0.2, 0.25) is 0 Å². The van der Waals surface area contributed by atoms with Crippen LogP contribution in [-0.4, -0.2) is 23.1 Å². The summed E-state index contributed by atoms with van der Waals surface area (Å²) >= 11 is 0. The van der Waals surface area contributed by atoms with E-state index in [0.29, 0.717) is 13.1 Å². The zero-order chi connectivity index (χ0) is 14.7. The van der Waals surface area contributed by atoms with Crippen molar-refractivity contribution in [2.45, 2.75) is 27.3 Å². The van der Waals surface area contributed by atoms with E-state index in [2.05, 4.69) is 6.08 Å². The Morgan fingerprint density at radius 3 is 2.45 bits per heavy atom. The van der Waals surface area contributed by atoms with Gasteiger partial charge in [-0.1, -0.05) is 42.0 Å². The van der Waals surface area contributed by atoms with Crippen molar-refractivity contribution in [3.8, 4) is 0 Å². The summed E-state index contributed by atoms with van der Waals surface area (Å²) in [5.41, 5.74) is 2.25. The van der Waals surface area contributed by atoms with E-state index in [1.165, 1.54) is 6.92 Å². The Kier molecular flexibility index (Phi) is 4.38. The number of hydrogen-bond donors (Lipinski definition) is 0. The largest absolute Gasteiger partial charge is 0.337 e. The molecule has 0 aromatic heterocycles. The zero-order valence-electron chi connectivity index (χ0n) is 12.3. The molecule has 0 saturated carbocycles. The van der Waals surface area contributed by atoms with Gasteiger partial charge in [0.05, 0.1) is 0 Å². The maximum Gasteiger partial charge on any atom is 0.234 e. The first kappa shape index (κ1) is 14.5. The van der Waals surface area contributed by atoms with Crippen LogP contribution in [0.1, 0.15) is 26.3 Å². The molecule has 1 aliphatic rings. The maximum absolute atomic E-state index is 12.4. The first-order valence-electron chi connectivity index (χ1n) is 6.97. The van der Waals surface area contributed by atoms with Crippen LogP contribution >= 0.6 is 0 Å². The van der Waals surface area contributed by atoms with Gasteiger partial charge in [-0.2, -0.15) is 0 Å². The van der Waals surface area contributed by atoms with Crippen molar-refractivity contribution in [3.63, 3.8) is 0 Å². The zero-order valence-corrected chi connectivity index (χ0v) is 12.3. The van der Waals surface area contributed by atoms with Gasteiger partial charge in [0, 0.05) is 19.0 Å². The molecule has 0 radical (unpaired) electrons. The molecular weight excluding hydrogens is 250 g/mol. The summed E-state index contributed by atoms with van der Waals surface area (Å²) in [6.45, 7) is 6.73. The lowest BCUT2D eigenvalue weighted by Gasteiger charge is -2.16. The number of amides is 1. The molecule has 1 fully saturated rings. The smallest absolute Gasteiger partial charge is 0.234 e. The second-order valence-electron chi connectivity index (χ2n) is 5.70. The average molecular weight is 271 g/mol. The van der Waals surface area contributed by atoms with E-state index in [9.17, 15) is 9.59 Å². The van der Waals surface area contributed by atoms with Gasteiger partial charge in [0.2, 0.25) is 5.91 Å². The van der Waals surface area contributed by atoms with Crippen molar-refractivity contribution in [2.24, 2.45) is 11.8 Å². The number of nitrogens with zero attached hydrogens (tertiary/aromatic N) is 1. The molecular formula is C17H21NO2. The minimum Gasteiger partial charge on any atom is -0.337 e. The van der Waals surface area contributed by atoms with Gasteiger partial charge in [0.1, 0.15) is 11.7 Å². The average Bonchev–Trinajstić information content (AvgIpc) is 2.66. The van der Waals surface area contributed by atoms with E-state index in [4.69, 9.17) is 0 Å². The first-order valence-corrected chi connectivity index (χ1v) is 6.97. The number of carbonyl (C=O) groups excluding carboxylic acids is 2. The number of hydrogen-bond acceptors (Lipinski definition) is 2. The van der Waals surface area contributed by atoms with Crippen molar-refractivity contribution in [1.29, 1.82) is 0 Å². The van der Waals surface area contributed by atoms with Gasteiger partial charge >= 0.3 is 0 Å². The summed E-state index contributed by atoms with van der Waals surface area (Å²) in [5.74, 6) is -0.570. The Bertz CT molecular complexity index is 529. The van der Waals surface area contributed by atoms with Gasteiger partial charge in [-0.15, -0.1) is 0 Å². The van der Waals surface area contributed by atoms with Crippen LogP contribution in [0, 0.1) is 11.8 Å². The minimum absolute atomic E-state index is 0.00807. The van der Waals surface area contributed by atoms with Crippen LogP contribution in [0.4, 0.5) is 0 Å². The van der Waals surface area contributed by atoms with E-state index in [1.54, 1.807) is 4.90 Å². The van der Waals surface area contributed by atoms with Gasteiger partial charge in [-0.25, -0.2) is 0 Å². The topological polar surface area (TPSA) is 37.4 Å². The highest BCUT2D eigenvalue weighted by Gasteiger charge is 2.41. The number of allylic oxidation sites excluding steroid dienone is 1. The molecule has 0 aliphatic carbocycles. The molecule has 2 rings (SSSR count). The Hall–Kier alpha value is -1.90. The van der Waals surface area contributed by atoms with Gasteiger partial charge in [-0.05, 0) is 26.3 Å². The van der Waals surface area contributed by atoms with Crippen LogP contribution in [0.3, 0.4) is 0 Å². The molecule has 3 nitrogen and oxygen atoms in total. The first-order chi connectivity index (χ1) is 9.49. The van der Waals surface area contributed by atoms with Crippen molar-refractivity contribution >= 4 is 11.7 Å². The van der Waals surface area contributed by atoms with Gasteiger partial charge in [-0.3, -0.25) is 9.59 Å². The number of carbonyl (C=O) groups is 2. The Balaban J connectivity index is 2.18. The summed E-state index contributed by atoms with van der Waals surface area (Å²) in [6.07, 6.45) is 2.05. The molecule has 0 bridgehead atoms. The molecule has 1 aliphatic heterocycles. The summed E-state index contributed by atoms with van der Waals surface area (Å²) in [4.78, 5) is 26.0. The van der Waals surface area contributed by atoms with Crippen LogP contribution in [-0.2, 0) is 16.1 Å². The normalized spacial score (nSPS) is 21.9. The SMILES string of the molecule is CC(=O)C1C(=O)N(Cc2ccccc2)CC1C=C(C)C. The fourth-order valence-corrected chi connectivity index (χ4v) is 2.83. The highest BCUT2D eigenvalue weighted by molar-refractivity contribution is 6.02. The Morgan fingerprint density at radius 2 is 1.90 bits per heavy atom. The molecule has 1 amide bonds. The van der Waals surface area contributed by atoms with E-state index in [0.717, 1.165) is 11.1 Å². The molecule has 1 aromatic rings. The van der Waals surface area contributed by atoms with Crippen LogP contribution in [0.15, 0.2) is 42.0 Å². The highest BCUT2D eigenvalue weighted by Crippen LogP contribution is 2.29. The number of Topliss-reactive ketones (excluding diaryl/α,β-unsaturated/α-hetero) is 1. The standard InChI is InChI=1S/C17H21NO2/c1-12(2)9-15-11-18(17(20)16(15)13(3)19)10-14-7-5-4-6-8-14/h4-9,15-16H,10-11H2,1-3H3.